The van der Waals surface area contributed by atoms with Gasteiger partial charge in [0, 0.05) is 6.54 Å². The number of hydrogen-bond acceptors (Lipinski definition) is 4. The number of nitrogens with one attached hydrogen (secondary N) is 1. The van der Waals surface area contributed by atoms with Crippen molar-refractivity contribution in [3.8, 4) is 0 Å². The van der Waals surface area contributed by atoms with Crippen molar-refractivity contribution in [2.75, 3.05) is 34.3 Å². The van der Waals surface area contributed by atoms with Crippen LogP contribution in [-0.2, 0) is 9.53 Å². The topological polar surface area (TPSA) is 41.6 Å². The van der Waals surface area contributed by atoms with Gasteiger partial charge in [-0.15, -0.1) is 0 Å². The third-order valence-corrected chi connectivity index (χ3v) is 2.67. The third-order valence-electron chi connectivity index (χ3n) is 2.67. The SMILES string of the molecule is CCCCN(C)CC(C)(NC)C(=O)OC. The highest BCUT2D eigenvalue weighted by Gasteiger charge is 2.33. The van der Waals surface area contributed by atoms with Crippen LogP contribution >= 0.6 is 0 Å². The smallest absolute Gasteiger partial charge is 0.327 e. The molecule has 0 bridgehead atoms. The number of esters is 1. The van der Waals surface area contributed by atoms with Crippen LogP contribution in [-0.4, -0.2) is 50.7 Å². The van der Waals surface area contributed by atoms with Gasteiger partial charge in [0.2, 0.25) is 0 Å². The lowest BCUT2D eigenvalue weighted by molar-refractivity contribution is -0.148. The lowest BCUT2D eigenvalue weighted by Crippen LogP contribution is -2.55. The molecule has 4 nitrogen and oxygen atoms in total. The van der Waals surface area contributed by atoms with Gasteiger partial charge < -0.3 is 15.0 Å². The average Bonchev–Trinajstić information content (AvgIpc) is 2.24. The van der Waals surface area contributed by atoms with Gasteiger partial charge in [-0.05, 0) is 34.0 Å². The van der Waals surface area contributed by atoms with E-state index in [4.69, 9.17) is 4.74 Å². The molecule has 1 unspecified atom stereocenters. The van der Waals surface area contributed by atoms with E-state index >= 15 is 0 Å². The van der Waals surface area contributed by atoms with Gasteiger partial charge in [-0.2, -0.15) is 0 Å². The lowest BCUT2D eigenvalue weighted by Gasteiger charge is -2.30. The maximum Gasteiger partial charge on any atom is 0.327 e. The lowest BCUT2D eigenvalue weighted by atomic mass is 10.0. The fourth-order valence-electron chi connectivity index (χ4n) is 1.52. The summed E-state index contributed by atoms with van der Waals surface area (Å²) in [5, 5.41) is 3.02. The Labute approximate surface area is 93.0 Å². The first kappa shape index (κ1) is 14.4. The fourth-order valence-corrected chi connectivity index (χ4v) is 1.52. The summed E-state index contributed by atoms with van der Waals surface area (Å²) in [5.74, 6) is -0.214. The zero-order chi connectivity index (χ0) is 11.9. The highest BCUT2D eigenvalue weighted by atomic mass is 16.5. The van der Waals surface area contributed by atoms with Crippen molar-refractivity contribution >= 4 is 5.97 Å². The standard InChI is InChI=1S/C11H24N2O2/c1-6-7-8-13(4)9-11(2,12-3)10(14)15-5/h12H,6-9H2,1-5H3. The minimum absolute atomic E-state index is 0.214. The maximum atomic E-state index is 11.6. The Morgan fingerprint density at radius 1 is 1.53 bits per heavy atom. The zero-order valence-electron chi connectivity index (χ0n) is 10.6. The van der Waals surface area contributed by atoms with Gasteiger partial charge in [-0.3, -0.25) is 4.79 Å². The molecule has 0 rings (SSSR count). The molecule has 0 aliphatic heterocycles. The Kier molecular flexibility index (Phi) is 6.52. The van der Waals surface area contributed by atoms with E-state index in [1.807, 2.05) is 14.0 Å². The minimum atomic E-state index is -0.614. The minimum Gasteiger partial charge on any atom is -0.468 e. The molecule has 15 heavy (non-hydrogen) atoms. The number of rotatable bonds is 7. The number of ether oxygens (including phenoxy) is 1. The summed E-state index contributed by atoms with van der Waals surface area (Å²) < 4.78 is 4.78. The van der Waals surface area contributed by atoms with Gasteiger partial charge in [0.05, 0.1) is 7.11 Å². The quantitative estimate of drug-likeness (QED) is 0.641. The van der Waals surface area contributed by atoms with Crippen LogP contribution in [0, 0.1) is 0 Å². The molecule has 0 aliphatic carbocycles. The molecule has 0 aromatic rings. The van der Waals surface area contributed by atoms with Crippen LogP contribution in [0.5, 0.6) is 0 Å². The Balaban J connectivity index is 4.23. The second-order valence-electron chi connectivity index (χ2n) is 4.17. The van der Waals surface area contributed by atoms with E-state index in [2.05, 4.69) is 17.1 Å². The van der Waals surface area contributed by atoms with Crippen LogP contribution in [0.15, 0.2) is 0 Å². The van der Waals surface area contributed by atoms with Crippen molar-refractivity contribution < 1.29 is 9.53 Å². The van der Waals surface area contributed by atoms with E-state index in [0.717, 1.165) is 13.0 Å². The molecule has 0 aliphatic rings. The van der Waals surface area contributed by atoms with Gasteiger partial charge in [0.15, 0.2) is 0 Å². The van der Waals surface area contributed by atoms with Crippen LogP contribution < -0.4 is 5.32 Å². The van der Waals surface area contributed by atoms with Crippen molar-refractivity contribution in [1.29, 1.82) is 0 Å². The predicted molar refractivity (Wildman–Crippen MR) is 61.9 cm³/mol. The van der Waals surface area contributed by atoms with Gasteiger partial charge in [0.25, 0.3) is 0 Å². The molecule has 1 atom stereocenters. The second-order valence-corrected chi connectivity index (χ2v) is 4.17. The van der Waals surface area contributed by atoms with Gasteiger partial charge in [-0.25, -0.2) is 0 Å². The summed E-state index contributed by atoms with van der Waals surface area (Å²) in [6.07, 6.45) is 2.32. The number of likely N-dealkylation sites (N-methyl/N-ethyl adjacent to an activating group) is 2. The van der Waals surface area contributed by atoms with Crippen molar-refractivity contribution in [2.24, 2.45) is 0 Å². The largest absolute Gasteiger partial charge is 0.468 e. The number of hydrogen-bond donors (Lipinski definition) is 1. The normalized spacial score (nSPS) is 15.1. The molecule has 0 saturated carbocycles. The molecule has 0 spiro atoms. The maximum absolute atomic E-state index is 11.6. The number of nitrogens with zero attached hydrogens (tertiary/aromatic N) is 1. The first-order valence-corrected chi connectivity index (χ1v) is 5.46. The van der Waals surface area contributed by atoms with E-state index in [1.165, 1.54) is 13.5 Å². The van der Waals surface area contributed by atoms with Crippen LogP contribution in [0.25, 0.3) is 0 Å². The second kappa shape index (κ2) is 6.80. The zero-order valence-corrected chi connectivity index (χ0v) is 10.6. The van der Waals surface area contributed by atoms with Gasteiger partial charge >= 0.3 is 5.97 Å². The highest BCUT2D eigenvalue weighted by molar-refractivity contribution is 5.80. The molecule has 0 heterocycles. The molecule has 0 amide bonds. The van der Waals surface area contributed by atoms with Crippen molar-refractivity contribution in [3.05, 3.63) is 0 Å². The molecule has 1 N–H and O–H groups in total. The molecule has 0 aromatic carbocycles. The predicted octanol–water partition coefficient (Wildman–Crippen LogP) is 0.869. The van der Waals surface area contributed by atoms with E-state index in [-0.39, 0.29) is 5.97 Å². The van der Waals surface area contributed by atoms with Crippen molar-refractivity contribution in [1.82, 2.24) is 10.2 Å². The van der Waals surface area contributed by atoms with Gasteiger partial charge in [0.1, 0.15) is 5.54 Å². The Hall–Kier alpha value is -0.610. The van der Waals surface area contributed by atoms with Crippen molar-refractivity contribution in [2.45, 2.75) is 32.2 Å². The molecule has 90 valence electrons. The monoisotopic (exact) mass is 216 g/mol. The van der Waals surface area contributed by atoms with E-state index in [9.17, 15) is 4.79 Å². The number of methoxy groups -OCH3 is 1. The van der Waals surface area contributed by atoms with Gasteiger partial charge in [-0.1, -0.05) is 13.3 Å². The fraction of sp³-hybridized carbons (Fsp3) is 0.909. The average molecular weight is 216 g/mol. The van der Waals surface area contributed by atoms with E-state index in [0.29, 0.717) is 6.54 Å². The molecular weight excluding hydrogens is 192 g/mol. The van der Waals surface area contributed by atoms with Crippen molar-refractivity contribution in [3.63, 3.8) is 0 Å². The van der Waals surface area contributed by atoms with Crippen LogP contribution in [0.1, 0.15) is 26.7 Å². The molecule has 0 radical (unpaired) electrons. The molecule has 0 fully saturated rings. The summed E-state index contributed by atoms with van der Waals surface area (Å²) in [6.45, 7) is 5.69. The number of carbonyl (C=O) groups excluding carboxylic acids is 1. The third kappa shape index (κ3) is 4.62. The summed E-state index contributed by atoms with van der Waals surface area (Å²) >= 11 is 0. The summed E-state index contributed by atoms with van der Waals surface area (Å²) in [6, 6.07) is 0. The Morgan fingerprint density at radius 2 is 2.13 bits per heavy atom. The summed E-state index contributed by atoms with van der Waals surface area (Å²) in [4.78, 5) is 13.7. The van der Waals surface area contributed by atoms with E-state index < -0.39 is 5.54 Å². The van der Waals surface area contributed by atoms with Crippen LogP contribution in [0.2, 0.25) is 0 Å². The first-order valence-electron chi connectivity index (χ1n) is 5.46. The van der Waals surface area contributed by atoms with Crippen LogP contribution in [0.3, 0.4) is 0 Å². The summed E-state index contributed by atoms with van der Waals surface area (Å²) in [5.41, 5.74) is -0.614. The molecule has 4 heteroatoms. The van der Waals surface area contributed by atoms with E-state index in [1.54, 1.807) is 7.05 Å². The number of carbonyl (C=O) groups is 1. The van der Waals surface area contributed by atoms with Crippen LogP contribution in [0.4, 0.5) is 0 Å². The Bertz CT molecular complexity index is 197. The highest BCUT2D eigenvalue weighted by Crippen LogP contribution is 2.08. The first-order chi connectivity index (χ1) is 7.00. The Morgan fingerprint density at radius 3 is 2.53 bits per heavy atom. The summed E-state index contributed by atoms with van der Waals surface area (Å²) in [7, 11) is 5.22. The molecule has 0 saturated heterocycles. The number of unbranched alkanes of at least 4 members (excludes halogenated alkanes) is 1. The molecular formula is C11H24N2O2. The molecule has 0 aromatic heterocycles.